The van der Waals surface area contributed by atoms with Crippen LogP contribution in [-0.2, 0) is 10.0 Å². The normalized spacial score (nSPS) is 13.5. The molecule has 0 amide bonds. The summed E-state index contributed by atoms with van der Waals surface area (Å²) in [6.45, 7) is 3.85. The first-order valence-electron chi connectivity index (χ1n) is 6.93. The third kappa shape index (κ3) is 7.17. The quantitative estimate of drug-likeness (QED) is 0.473. The minimum absolute atomic E-state index is 0.0244. The van der Waals surface area contributed by atoms with E-state index in [1.54, 1.807) is 6.07 Å². The van der Waals surface area contributed by atoms with Crippen molar-refractivity contribution in [1.29, 1.82) is 0 Å². The lowest BCUT2D eigenvalue weighted by molar-refractivity contribution is 0.256. The van der Waals surface area contributed by atoms with Crippen LogP contribution in [0.1, 0.15) is 20.3 Å². The van der Waals surface area contributed by atoms with Crippen LogP contribution in [0.2, 0.25) is 0 Å². The van der Waals surface area contributed by atoms with Gasteiger partial charge >= 0.3 is 0 Å². The fraction of sp³-hybridized carbons (Fsp3) is 0.571. The van der Waals surface area contributed by atoms with Crippen LogP contribution >= 0.6 is 11.8 Å². The van der Waals surface area contributed by atoms with E-state index in [1.807, 2.05) is 32.0 Å². The molecular weight excluding hydrogens is 308 g/mol. The number of rotatable bonds is 9. The molecule has 0 fully saturated rings. The monoisotopic (exact) mass is 332 g/mol. The lowest BCUT2D eigenvalue weighted by atomic mass is 10.0. The van der Waals surface area contributed by atoms with Crippen molar-refractivity contribution in [1.82, 2.24) is 4.72 Å². The van der Waals surface area contributed by atoms with Crippen molar-refractivity contribution in [3.05, 3.63) is 24.3 Å². The average Bonchev–Trinajstić information content (AvgIpc) is 2.37. The Balaban J connectivity index is 2.49. The molecule has 1 rings (SSSR count). The number of benzene rings is 1. The molecule has 0 aliphatic carbocycles. The molecule has 0 aliphatic rings. The predicted molar refractivity (Wildman–Crippen MR) is 88.8 cm³/mol. The van der Waals surface area contributed by atoms with E-state index in [4.69, 9.17) is 10.8 Å². The van der Waals surface area contributed by atoms with Crippen molar-refractivity contribution in [2.24, 2.45) is 5.92 Å². The average molecular weight is 332 g/mol. The first-order chi connectivity index (χ1) is 9.84. The summed E-state index contributed by atoms with van der Waals surface area (Å²) in [5, 5.41) is 8.98. The number of sulfonamides is 1. The summed E-state index contributed by atoms with van der Waals surface area (Å²) >= 11 is 1.46. The molecule has 0 saturated carbocycles. The van der Waals surface area contributed by atoms with Gasteiger partial charge in [-0.1, -0.05) is 19.9 Å². The lowest BCUT2D eigenvalue weighted by Crippen LogP contribution is -2.40. The van der Waals surface area contributed by atoms with Crippen LogP contribution in [0.25, 0.3) is 0 Å². The molecule has 0 aliphatic heterocycles. The number of nitrogen functional groups attached to an aromatic ring is 1. The van der Waals surface area contributed by atoms with Crippen molar-refractivity contribution in [3.63, 3.8) is 0 Å². The van der Waals surface area contributed by atoms with Gasteiger partial charge in [-0.15, -0.1) is 11.8 Å². The minimum atomic E-state index is -3.34. The first kappa shape index (κ1) is 18.3. The van der Waals surface area contributed by atoms with Crippen LogP contribution in [-0.4, -0.2) is 37.7 Å². The summed E-state index contributed by atoms with van der Waals surface area (Å²) in [6.07, 6.45) is 0.430. The van der Waals surface area contributed by atoms with Gasteiger partial charge in [-0.3, -0.25) is 0 Å². The van der Waals surface area contributed by atoms with Crippen molar-refractivity contribution in [2.75, 3.05) is 23.8 Å². The number of hydrogen-bond acceptors (Lipinski definition) is 5. The van der Waals surface area contributed by atoms with Gasteiger partial charge in [-0.05, 0) is 30.5 Å². The van der Waals surface area contributed by atoms with Gasteiger partial charge in [0.15, 0.2) is 0 Å². The zero-order chi connectivity index (χ0) is 15.9. The maximum Gasteiger partial charge on any atom is 0.212 e. The van der Waals surface area contributed by atoms with Crippen molar-refractivity contribution in [2.45, 2.75) is 31.2 Å². The topological polar surface area (TPSA) is 92.4 Å². The van der Waals surface area contributed by atoms with E-state index >= 15 is 0 Å². The minimum Gasteiger partial charge on any atom is -0.399 e. The van der Waals surface area contributed by atoms with Gasteiger partial charge in [0, 0.05) is 29.0 Å². The Bertz CT molecular complexity index is 533. The standard InChI is InChI=1S/C14H24N2O3S2/c1-11(2)14(6-7-17)16-21(18,19)9-8-20-13-5-3-4-12(15)10-13/h3-5,10-11,14,16-17H,6-9,15H2,1-2H3. The van der Waals surface area contributed by atoms with Gasteiger partial charge in [-0.25, -0.2) is 13.1 Å². The molecule has 21 heavy (non-hydrogen) atoms. The van der Waals surface area contributed by atoms with Crippen molar-refractivity contribution < 1.29 is 13.5 Å². The van der Waals surface area contributed by atoms with E-state index in [0.717, 1.165) is 4.90 Å². The highest BCUT2D eigenvalue weighted by Gasteiger charge is 2.20. The third-order valence-electron chi connectivity index (χ3n) is 3.05. The van der Waals surface area contributed by atoms with Crippen molar-refractivity contribution >= 4 is 27.5 Å². The predicted octanol–water partition coefficient (Wildman–Crippen LogP) is 1.69. The van der Waals surface area contributed by atoms with Gasteiger partial charge < -0.3 is 10.8 Å². The fourth-order valence-corrected chi connectivity index (χ4v) is 4.64. The van der Waals surface area contributed by atoms with E-state index in [0.29, 0.717) is 17.9 Å². The van der Waals surface area contributed by atoms with Crippen LogP contribution in [0.3, 0.4) is 0 Å². The molecule has 0 bridgehead atoms. The van der Waals surface area contributed by atoms with E-state index in [-0.39, 0.29) is 24.3 Å². The van der Waals surface area contributed by atoms with Crippen LogP contribution in [0.4, 0.5) is 5.69 Å². The van der Waals surface area contributed by atoms with Gasteiger partial charge in [0.25, 0.3) is 0 Å². The van der Waals surface area contributed by atoms with E-state index < -0.39 is 10.0 Å². The second kappa shape index (κ2) is 8.63. The maximum absolute atomic E-state index is 12.0. The van der Waals surface area contributed by atoms with E-state index in [1.165, 1.54) is 11.8 Å². The molecule has 120 valence electrons. The van der Waals surface area contributed by atoms with Crippen LogP contribution in [0.5, 0.6) is 0 Å². The molecule has 1 unspecified atom stereocenters. The molecule has 5 nitrogen and oxygen atoms in total. The molecule has 0 spiro atoms. The first-order valence-corrected chi connectivity index (χ1v) is 9.57. The van der Waals surface area contributed by atoms with Gasteiger partial charge in [0.1, 0.15) is 0 Å². The second-order valence-electron chi connectivity index (χ2n) is 5.22. The molecule has 7 heteroatoms. The Hall–Kier alpha value is -0.760. The lowest BCUT2D eigenvalue weighted by Gasteiger charge is -2.21. The molecule has 0 heterocycles. The molecule has 0 saturated heterocycles. The summed E-state index contributed by atoms with van der Waals surface area (Å²) in [5.74, 6) is 0.651. The molecule has 0 aromatic heterocycles. The summed E-state index contributed by atoms with van der Waals surface area (Å²) in [5.41, 5.74) is 6.35. The zero-order valence-corrected chi connectivity index (χ0v) is 14.1. The number of aliphatic hydroxyl groups excluding tert-OH is 1. The Morgan fingerprint density at radius 1 is 1.38 bits per heavy atom. The molecule has 4 N–H and O–H groups in total. The Morgan fingerprint density at radius 3 is 2.67 bits per heavy atom. The number of hydrogen-bond donors (Lipinski definition) is 3. The SMILES string of the molecule is CC(C)C(CCO)NS(=O)(=O)CCSc1cccc(N)c1. The van der Waals surface area contributed by atoms with E-state index in [2.05, 4.69) is 4.72 Å². The number of aliphatic hydroxyl groups is 1. The second-order valence-corrected chi connectivity index (χ2v) is 8.26. The largest absolute Gasteiger partial charge is 0.399 e. The fourth-order valence-electron chi connectivity index (χ4n) is 1.83. The molecule has 1 aromatic rings. The highest BCUT2D eigenvalue weighted by molar-refractivity contribution is 8.00. The highest BCUT2D eigenvalue weighted by atomic mass is 32.2. The highest BCUT2D eigenvalue weighted by Crippen LogP contribution is 2.20. The summed E-state index contributed by atoms with van der Waals surface area (Å²) in [7, 11) is -3.34. The van der Waals surface area contributed by atoms with Crippen LogP contribution < -0.4 is 10.5 Å². The number of anilines is 1. The maximum atomic E-state index is 12.0. The number of nitrogens with two attached hydrogens (primary N) is 1. The molecular formula is C14H24N2O3S2. The third-order valence-corrected chi connectivity index (χ3v) is 5.71. The Morgan fingerprint density at radius 2 is 2.10 bits per heavy atom. The zero-order valence-electron chi connectivity index (χ0n) is 12.5. The smallest absolute Gasteiger partial charge is 0.212 e. The molecule has 1 atom stereocenters. The van der Waals surface area contributed by atoms with E-state index in [9.17, 15) is 8.42 Å². The molecule has 0 radical (unpaired) electrons. The summed E-state index contributed by atoms with van der Waals surface area (Å²) in [4.78, 5) is 0.959. The van der Waals surface area contributed by atoms with Gasteiger partial charge in [0.05, 0.1) is 5.75 Å². The van der Waals surface area contributed by atoms with Crippen LogP contribution in [0.15, 0.2) is 29.2 Å². The molecule has 1 aromatic carbocycles. The number of nitrogens with one attached hydrogen (secondary N) is 1. The summed E-state index contributed by atoms with van der Waals surface area (Å²) < 4.78 is 26.8. The summed E-state index contributed by atoms with van der Waals surface area (Å²) in [6, 6.07) is 7.15. The van der Waals surface area contributed by atoms with Gasteiger partial charge in [0.2, 0.25) is 10.0 Å². The Labute approximate surface area is 131 Å². The van der Waals surface area contributed by atoms with Crippen LogP contribution in [0, 0.1) is 5.92 Å². The van der Waals surface area contributed by atoms with Crippen molar-refractivity contribution in [3.8, 4) is 0 Å². The van der Waals surface area contributed by atoms with Gasteiger partial charge in [-0.2, -0.15) is 0 Å². The number of thioether (sulfide) groups is 1. The Kier molecular flexibility index (Phi) is 7.51.